The number of anilines is 1. The molecule has 1 saturated heterocycles. The summed E-state index contributed by atoms with van der Waals surface area (Å²) in [5.74, 6) is -0.174. The van der Waals surface area contributed by atoms with Crippen LogP contribution in [0.3, 0.4) is 0 Å². The molecule has 0 radical (unpaired) electrons. The molecule has 142 valence electrons. The molecule has 2 unspecified atom stereocenters. The number of halogens is 1. The zero-order chi connectivity index (χ0) is 18.5. The molecule has 1 aliphatic carbocycles. The van der Waals surface area contributed by atoms with Gasteiger partial charge in [-0.15, -0.1) is 0 Å². The molecule has 1 saturated carbocycles. The van der Waals surface area contributed by atoms with E-state index < -0.39 is 0 Å². The molecule has 1 aromatic carbocycles. The molecule has 3 rings (SSSR count). The number of ether oxygens (including phenoxy) is 2. The lowest BCUT2D eigenvalue weighted by Crippen LogP contribution is -2.41. The van der Waals surface area contributed by atoms with Crippen molar-refractivity contribution < 1.29 is 19.1 Å². The summed E-state index contributed by atoms with van der Waals surface area (Å²) in [5.41, 5.74) is 0.596. The molecule has 7 nitrogen and oxygen atoms in total. The van der Waals surface area contributed by atoms with Crippen molar-refractivity contribution in [1.29, 1.82) is 0 Å². The number of hydrogen-bond acceptors (Lipinski definition) is 5. The van der Waals surface area contributed by atoms with E-state index in [0.29, 0.717) is 29.4 Å². The van der Waals surface area contributed by atoms with Crippen LogP contribution in [-0.4, -0.2) is 63.2 Å². The van der Waals surface area contributed by atoms with Crippen molar-refractivity contribution in [3.8, 4) is 5.75 Å². The fourth-order valence-corrected chi connectivity index (χ4v) is 3.30. The Morgan fingerprint density at radius 2 is 2.00 bits per heavy atom. The van der Waals surface area contributed by atoms with Crippen molar-refractivity contribution in [2.45, 2.75) is 6.42 Å². The Hall–Kier alpha value is -1.83. The summed E-state index contributed by atoms with van der Waals surface area (Å²) >= 11 is 6.06. The second-order valence-corrected chi connectivity index (χ2v) is 6.94. The first-order valence-corrected chi connectivity index (χ1v) is 9.18. The van der Waals surface area contributed by atoms with Crippen LogP contribution in [0.15, 0.2) is 18.2 Å². The van der Waals surface area contributed by atoms with Gasteiger partial charge in [-0.3, -0.25) is 14.5 Å². The maximum absolute atomic E-state index is 12.3. The fraction of sp³-hybridized carbons (Fsp3) is 0.556. The summed E-state index contributed by atoms with van der Waals surface area (Å²) in [4.78, 5) is 26.7. The van der Waals surface area contributed by atoms with Crippen LogP contribution in [0.25, 0.3) is 0 Å². The number of carbonyl (C=O) groups is 2. The first-order chi connectivity index (χ1) is 12.6. The number of benzene rings is 1. The molecule has 0 spiro atoms. The lowest BCUT2D eigenvalue weighted by Gasteiger charge is -2.26. The van der Waals surface area contributed by atoms with Crippen LogP contribution in [0.4, 0.5) is 5.69 Å². The average molecular weight is 382 g/mol. The van der Waals surface area contributed by atoms with Crippen LogP contribution in [0.1, 0.15) is 6.42 Å². The summed E-state index contributed by atoms with van der Waals surface area (Å²) in [6.07, 6.45) is 0.582. The SMILES string of the molecule is COc1ccc(NC(=O)C2CC2C(=O)NCCN2CCOCC2)cc1Cl. The maximum atomic E-state index is 12.3. The molecule has 8 heteroatoms. The van der Waals surface area contributed by atoms with Gasteiger partial charge in [0.15, 0.2) is 0 Å². The lowest BCUT2D eigenvalue weighted by molar-refractivity contribution is -0.125. The van der Waals surface area contributed by atoms with Gasteiger partial charge in [0.2, 0.25) is 11.8 Å². The van der Waals surface area contributed by atoms with E-state index >= 15 is 0 Å². The van der Waals surface area contributed by atoms with Gasteiger partial charge in [0.25, 0.3) is 0 Å². The predicted octanol–water partition coefficient (Wildman–Crippen LogP) is 1.37. The van der Waals surface area contributed by atoms with E-state index in [4.69, 9.17) is 21.1 Å². The van der Waals surface area contributed by atoms with Crippen LogP contribution in [-0.2, 0) is 14.3 Å². The number of rotatable bonds is 7. The van der Waals surface area contributed by atoms with Gasteiger partial charge in [-0.05, 0) is 24.6 Å². The molecule has 2 amide bonds. The molecule has 1 heterocycles. The quantitative estimate of drug-likeness (QED) is 0.745. The zero-order valence-corrected chi connectivity index (χ0v) is 15.6. The molecule has 2 aliphatic rings. The van der Waals surface area contributed by atoms with Gasteiger partial charge in [-0.1, -0.05) is 11.6 Å². The number of nitrogens with zero attached hydrogens (tertiary/aromatic N) is 1. The molecular formula is C18H24ClN3O4. The van der Waals surface area contributed by atoms with Crippen molar-refractivity contribution in [2.24, 2.45) is 11.8 Å². The largest absolute Gasteiger partial charge is 0.495 e. The predicted molar refractivity (Wildman–Crippen MR) is 98.5 cm³/mol. The monoisotopic (exact) mass is 381 g/mol. The molecule has 0 bridgehead atoms. The molecular weight excluding hydrogens is 358 g/mol. The minimum absolute atomic E-state index is 0.0498. The maximum Gasteiger partial charge on any atom is 0.228 e. The molecule has 2 fully saturated rings. The van der Waals surface area contributed by atoms with Crippen molar-refractivity contribution in [3.63, 3.8) is 0 Å². The molecule has 26 heavy (non-hydrogen) atoms. The topological polar surface area (TPSA) is 79.9 Å². The summed E-state index contributed by atoms with van der Waals surface area (Å²) in [6, 6.07) is 5.06. The number of amides is 2. The van der Waals surface area contributed by atoms with Gasteiger partial charge in [-0.2, -0.15) is 0 Å². The second kappa shape index (κ2) is 8.70. The Kier molecular flexibility index (Phi) is 6.34. The van der Waals surface area contributed by atoms with Gasteiger partial charge >= 0.3 is 0 Å². The Balaban J connectivity index is 1.40. The highest BCUT2D eigenvalue weighted by Gasteiger charge is 2.47. The molecule has 1 aliphatic heterocycles. The second-order valence-electron chi connectivity index (χ2n) is 6.53. The van der Waals surface area contributed by atoms with Crippen LogP contribution >= 0.6 is 11.6 Å². The smallest absolute Gasteiger partial charge is 0.228 e. The highest BCUT2D eigenvalue weighted by molar-refractivity contribution is 6.32. The van der Waals surface area contributed by atoms with E-state index in [2.05, 4.69) is 15.5 Å². The standard InChI is InChI=1S/C18H24ClN3O4/c1-25-16-3-2-12(10-15(16)19)21-18(24)14-11-13(14)17(23)20-4-5-22-6-8-26-9-7-22/h2-3,10,13-14H,4-9,11H2,1H3,(H,20,23)(H,21,24). The summed E-state index contributed by atoms with van der Waals surface area (Å²) in [5, 5.41) is 6.16. The number of carbonyl (C=O) groups excluding carboxylic acids is 2. The van der Waals surface area contributed by atoms with Gasteiger partial charge in [0, 0.05) is 31.9 Å². The lowest BCUT2D eigenvalue weighted by atomic mass is 10.2. The first kappa shape index (κ1) is 18.9. The number of morpholine rings is 1. The summed E-state index contributed by atoms with van der Waals surface area (Å²) < 4.78 is 10.4. The Morgan fingerprint density at radius 1 is 1.27 bits per heavy atom. The van der Waals surface area contributed by atoms with Crippen LogP contribution in [0.2, 0.25) is 5.02 Å². The first-order valence-electron chi connectivity index (χ1n) is 8.80. The Bertz CT molecular complexity index is 664. The van der Waals surface area contributed by atoms with E-state index in [-0.39, 0.29) is 23.7 Å². The zero-order valence-electron chi connectivity index (χ0n) is 14.8. The molecule has 2 atom stereocenters. The third kappa shape index (κ3) is 4.87. The van der Waals surface area contributed by atoms with Gasteiger partial charge < -0.3 is 20.1 Å². The van der Waals surface area contributed by atoms with Gasteiger partial charge in [0.05, 0.1) is 37.2 Å². The Morgan fingerprint density at radius 3 is 2.69 bits per heavy atom. The van der Waals surface area contributed by atoms with Gasteiger partial charge in [0.1, 0.15) is 5.75 Å². The van der Waals surface area contributed by atoms with E-state index in [1.54, 1.807) is 18.2 Å². The van der Waals surface area contributed by atoms with Crippen LogP contribution in [0, 0.1) is 11.8 Å². The summed E-state index contributed by atoms with van der Waals surface area (Å²) in [7, 11) is 1.53. The minimum Gasteiger partial charge on any atom is -0.495 e. The van der Waals surface area contributed by atoms with Crippen molar-refractivity contribution in [3.05, 3.63) is 23.2 Å². The highest BCUT2D eigenvalue weighted by atomic mass is 35.5. The van der Waals surface area contributed by atoms with Crippen molar-refractivity contribution in [1.82, 2.24) is 10.2 Å². The molecule has 1 aromatic rings. The van der Waals surface area contributed by atoms with E-state index in [1.807, 2.05) is 0 Å². The normalized spacial score (nSPS) is 22.5. The van der Waals surface area contributed by atoms with E-state index in [9.17, 15) is 9.59 Å². The van der Waals surface area contributed by atoms with Crippen molar-refractivity contribution >= 4 is 29.1 Å². The molecule has 2 N–H and O–H groups in total. The van der Waals surface area contributed by atoms with Gasteiger partial charge in [-0.25, -0.2) is 0 Å². The summed E-state index contributed by atoms with van der Waals surface area (Å²) in [6.45, 7) is 4.69. The fourth-order valence-electron chi connectivity index (χ4n) is 3.05. The number of hydrogen-bond donors (Lipinski definition) is 2. The van der Waals surface area contributed by atoms with Crippen LogP contribution in [0.5, 0.6) is 5.75 Å². The molecule has 0 aromatic heterocycles. The highest BCUT2D eigenvalue weighted by Crippen LogP contribution is 2.39. The van der Waals surface area contributed by atoms with E-state index in [1.165, 1.54) is 7.11 Å². The average Bonchev–Trinajstić information content (AvgIpc) is 3.44. The Labute approximate surface area is 158 Å². The van der Waals surface area contributed by atoms with E-state index in [0.717, 1.165) is 32.8 Å². The number of nitrogens with one attached hydrogen (secondary N) is 2. The van der Waals surface area contributed by atoms with Crippen molar-refractivity contribution in [2.75, 3.05) is 51.8 Å². The minimum atomic E-state index is -0.278. The van der Waals surface area contributed by atoms with Crippen LogP contribution < -0.4 is 15.4 Å². The third-order valence-electron chi connectivity index (χ3n) is 4.71. The number of methoxy groups -OCH3 is 1. The third-order valence-corrected chi connectivity index (χ3v) is 5.01.